The van der Waals surface area contributed by atoms with Gasteiger partial charge in [-0.05, 0) is 55.5 Å². The zero-order valence-corrected chi connectivity index (χ0v) is 22.1. The second kappa shape index (κ2) is 11.8. The number of nitrogens with zero attached hydrogens (tertiary/aromatic N) is 3. The summed E-state index contributed by atoms with van der Waals surface area (Å²) >= 11 is 0. The fourth-order valence-corrected chi connectivity index (χ4v) is 4.64. The molecule has 0 saturated carbocycles. The van der Waals surface area contributed by atoms with E-state index in [0.717, 1.165) is 60.6 Å². The predicted molar refractivity (Wildman–Crippen MR) is 140 cm³/mol. The van der Waals surface area contributed by atoms with Crippen molar-refractivity contribution in [2.45, 2.75) is 71.5 Å². The lowest BCUT2D eigenvalue weighted by molar-refractivity contribution is 0.231. The molecule has 3 rings (SSSR count). The highest BCUT2D eigenvalue weighted by Crippen LogP contribution is 2.30. The third-order valence-electron chi connectivity index (χ3n) is 6.23. The summed E-state index contributed by atoms with van der Waals surface area (Å²) in [5, 5.41) is 16.2. The number of sulfonamides is 1. The number of aromatic nitrogens is 2. The van der Waals surface area contributed by atoms with Gasteiger partial charge in [-0.1, -0.05) is 63.6 Å². The third-order valence-corrected chi connectivity index (χ3v) is 7.16. The highest BCUT2D eigenvalue weighted by Gasteiger charge is 2.21. The molecule has 0 unspecified atom stereocenters. The lowest BCUT2D eigenvalue weighted by Gasteiger charge is -2.24. The Labute approximate surface area is 209 Å². The van der Waals surface area contributed by atoms with Gasteiger partial charge < -0.3 is 9.67 Å². The number of nitrogens with two attached hydrogens (primary N) is 1. The molecule has 0 spiro atoms. The van der Waals surface area contributed by atoms with Crippen molar-refractivity contribution in [1.82, 2.24) is 14.5 Å². The van der Waals surface area contributed by atoms with E-state index in [0.29, 0.717) is 19.0 Å². The molecule has 0 atom stereocenters. The minimum atomic E-state index is -3.72. The maximum atomic E-state index is 11.6. The van der Waals surface area contributed by atoms with Crippen LogP contribution in [0.4, 0.5) is 0 Å². The number of aryl methyl sites for hydroxylation is 1. The van der Waals surface area contributed by atoms with Crippen LogP contribution in [0, 0.1) is 12.8 Å². The normalized spacial score (nSPS) is 12.1. The van der Waals surface area contributed by atoms with Gasteiger partial charge in [0.1, 0.15) is 5.82 Å². The summed E-state index contributed by atoms with van der Waals surface area (Å²) in [4.78, 5) is 6.99. The van der Waals surface area contributed by atoms with E-state index in [4.69, 9.17) is 5.14 Å². The Morgan fingerprint density at radius 1 is 1.09 bits per heavy atom. The van der Waals surface area contributed by atoms with Gasteiger partial charge in [0, 0.05) is 25.2 Å². The molecule has 0 amide bonds. The van der Waals surface area contributed by atoms with Crippen LogP contribution in [-0.2, 0) is 29.7 Å². The predicted octanol–water partition coefficient (Wildman–Crippen LogP) is 5.06. The molecule has 0 aliphatic heterocycles. The van der Waals surface area contributed by atoms with E-state index in [1.165, 1.54) is 0 Å². The molecular weight excluding hydrogens is 460 g/mol. The van der Waals surface area contributed by atoms with Crippen molar-refractivity contribution in [2.75, 3.05) is 6.54 Å². The molecule has 0 radical (unpaired) electrons. The monoisotopic (exact) mass is 498 g/mol. The number of primary sulfonamides is 1. The van der Waals surface area contributed by atoms with E-state index in [1.54, 1.807) is 24.3 Å². The van der Waals surface area contributed by atoms with E-state index in [9.17, 15) is 13.5 Å². The minimum absolute atomic E-state index is 0.0680. The Kier molecular flexibility index (Phi) is 9.10. The first-order chi connectivity index (χ1) is 16.6. The van der Waals surface area contributed by atoms with E-state index in [-0.39, 0.29) is 10.8 Å². The molecule has 0 bridgehead atoms. The SMILES string of the molecule is CCCCn1c(-c2ccccc2C)nc(O)c1CN(CCC(C)C)Cc1ccc(S(N)(=O)=O)cc1. The molecule has 0 fully saturated rings. The average molecular weight is 499 g/mol. The molecule has 0 saturated heterocycles. The van der Waals surface area contributed by atoms with E-state index in [2.05, 4.69) is 48.2 Å². The van der Waals surface area contributed by atoms with Crippen molar-refractivity contribution >= 4 is 10.0 Å². The lowest BCUT2D eigenvalue weighted by atomic mass is 10.1. The van der Waals surface area contributed by atoms with Gasteiger partial charge in [0.15, 0.2) is 0 Å². The van der Waals surface area contributed by atoms with Crippen LogP contribution in [0.15, 0.2) is 53.4 Å². The van der Waals surface area contributed by atoms with Gasteiger partial charge in [-0.15, -0.1) is 0 Å². The Morgan fingerprint density at radius 2 is 1.77 bits per heavy atom. The van der Waals surface area contributed by atoms with Crippen molar-refractivity contribution in [3.63, 3.8) is 0 Å². The van der Waals surface area contributed by atoms with Crippen molar-refractivity contribution in [3.05, 3.63) is 65.4 Å². The molecule has 3 N–H and O–H groups in total. The van der Waals surface area contributed by atoms with Crippen LogP contribution >= 0.6 is 0 Å². The van der Waals surface area contributed by atoms with Crippen molar-refractivity contribution in [3.8, 4) is 17.3 Å². The quantitative estimate of drug-likeness (QED) is 0.363. The number of aromatic hydroxyl groups is 1. The van der Waals surface area contributed by atoms with Gasteiger partial charge in [0.05, 0.1) is 10.6 Å². The van der Waals surface area contributed by atoms with Gasteiger partial charge in [-0.2, -0.15) is 4.98 Å². The molecule has 1 heterocycles. The maximum Gasteiger partial charge on any atom is 0.238 e. The zero-order valence-electron chi connectivity index (χ0n) is 21.2. The molecule has 0 aliphatic carbocycles. The van der Waals surface area contributed by atoms with Crippen LogP contribution in [0.5, 0.6) is 5.88 Å². The maximum absolute atomic E-state index is 11.6. The first-order valence-electron chi connectivity index (χ1n) is 12.3. The van der Waals surface area contributed by atoms with E-state index >= 15 is 0 Å². The van der Waals surface area contributed by atoms with Crippen LogP contribution in [0.1, 0.15) is 56.9 Å². The average Bonchev–Trinajstić information content (AvgIpc) is 3.10. The number of hydrogen-bond donors (Lipinski definition) is 2. The highest BCUT2D eigenvalue weighted by molar-refractivity contribution is 7.89. The standard InChI is InChI=1S/C27H38N4O3S/c1-5-6-16-31-25(27(32)29-26(31)24-10-8-7-9-21(24)4)19-30(17-15-20(2)3)18-22-11-13-23(14-12-22)35(28,33)34/h7-14,20,32H,5-6,15-19H2,1-4H3,(H2,28,33,34). The summed E-state index contributed by atoms with van der Waals surface area (Å²) in [6.45, 7) is 11.4. The van der Waals surface area contributed by atoms with Crippen LogP contribution < -0.4 is 5.14 Å². The van der Waals surface area contributed by atoms with Crippen molar-refractivity contribution in [2.24, 2.45) is 11.1 Å². The number of hydrogen-bond acceptors (Lipinski definition) is 5. The Bertz CT molecular complexity index is 1220. The second-order valence-electron chi connectivity index (χ2n) is 9.61. The summed E-state index contributed by atoms with van der Waals surface area (Å²) in [7, 11) is -3.72. The van der Waals surface area contributed by atoms with Gasteiger partial charge in [0.25, 0.3) is 0 Å². The smallest absolute Gasteiger partial charge is 0.238 e. The summed E-state index contributed by atoms with van der Waals surface area (Å²) < 4.78 is 25.4. The molecule has 7 nitrogen and oxygen atoms in total. The molecule has 2 aromatic carbocycles. The fraction of sp³-hybridized carbons (Fsp3) is 0.444. The first-order valence-corrected chi connectivity index (χ1v) is 13.8. The molecule has 190 valence electrons. The largest absolute Gasteiger partial charge is 0.492 e. The van der Waals surface area contributed by atoms with Gasteiger partial charge in [0.2, 0.25) is 15.9 Å². The summed E-state index contributed by atoms with van der Waals surface area (Å²) in [6, 6.07) is 14.8. The Hall–Kier alpha value is -2.68. The summed E-state index contributed by atoms with van der Waals surface area (Å²) in [5.41, 5.74) is 3.94. The third kappa shape index (κ3) is 7.16. The summed E-state index contributed by atoms with van der Waals surface area (Å²) in [6.07, 6.45) is 3.03. The summed E-state index contributed by atoms with van der Waals surface area (Å²) in [5.74, 6) is 1.40. The number of rotatable bonds is 12. The molecule has 8 heteroatoms. The van der Waals surface area contributed by atoms with Crippen LogP contribution in [0.3, 0.4) is 0 Å². The molecular formula is C27H38N4O3S. The minimum Gasteiger partial charge on any atom is -0.492 e. The molecule has 0 aliphatic rings. The van der Waals surface area contributed by atoms with Crippen LogP contribution in [-0.4, -0.2) is 34.5 Å². The van der Waals surface area contributed by atoms with Crippen molar-refractivity contribution in [1.29, 1.82) is 0 Å². The Balaban J connectivity index is 1.94. The number of benzene rings is 2. The van der Waals surface area contributed by atoms with Crippen LogP contribution in [0.25, 0.3) is 11.4 Å². The van der Waals surface area contributed by atoms with Gasteiger partial charge >= 0.3 is 0 Å². The second-order valence-corrected chi connectivity index (χ2v) is 11.2. The van der Waals surface area contributed by atoms with E-state index < -0.39 is 10.0 Å². The topological polar surface area (TPSA) is 101 Å². The highest BCUT2D eigenvalue weighted by atomic mass is 32.2. The fourth-order valence-electron chi connectivity index (χ4n) is 4.13. The van der Waals surface area contributed by atoms with Crippen LogP contribution in [0.2, 0.25) is 0 Å². The number of imidazole rings is 1. The number of unbranched alkanes of at least 4 members (excludes halogenated alkanes) is 1. The first kappa shape index (κ1) is 26.9. The van der Waals surface area contributed by atoms with E-state index in [1.807, 2.05) is 18.2 Å². The van der Waals surface area contributed by atoms with Crippen molar-refractivity contribution < 1.29 is 13.5 Å². The van der Waals surface area contributed by atoms with Gasteiger partial charge in [-0.3, -0.25) is 4.90 Å². The van der Waals surface area contributed by atoms with Gasteiger partial charge in [-0.25, -0.2) is 13.6 Å². The molecule has 35 heavy (non-hydrogen) atoms. The lowest BCUT2D eigenvalue weighted by Crippen LogP contribution is -2.26. The zero-order chi connectivity index (χ0) is 25.6. The Morgan fingerprint density at radius 3 is 2.37 bits per heavy atom. The molecule has 1 aromatic heterocycles. The molecule has 3 aromatic rings.